The van der Waals surface area contributed by atoms with Gasteiger partial charge in [-0.1, -0.05) is 17.3 Å². The van der Waals surface area contributed by atoms with Crippen LogP contribution in [0.3, 0.4) is 0 Å². The van der Waals surface area contributed by atoms with Gasteiger partial charge in [-0.3, -0.25) is 0 Å². The minimum absolute atomic E-state index is 0.527. The second-order valence-electron chi connectivity index (χ2n) is 4.89. The van der Waals surface area contributed by atoms with Crippen LogP contribution in [0.25, 0.3) is 5.69 Å². The average Bonchev–Trinajstić information content (AvgIpc) is 2.85. The molecule has 0 aliphatic carbocycles. The maximum Gasteiger partial charge on any atom is 0.0894 e. The quantitative estimate of drug-likeness (QED) is 0.880. The van der Waals surface area contributed by atoms with Gasteiger partial charge in [0.2, 0.25) is 0 Å². The lowest BCUT2D eigenvalue weighted by Gasteiger charge is -2.19. The Kier molecular flexibility index (Phi) is 3.74. The number of aromatic nitrogens is 3. The molecule has 0 amide bonds. The van der Waals surface area contributed by atoms with Crippen LogP contribution in [0.1, 0.15) is 19.3 Å². The summed E-state index contributed by atoms with van der Waals surface area (Å²) in [6.45, 7) is 2.21. The van der Waals surface area contributed by atoms with Gasteiger partial charge in [-0.05, 0) is 44.5 Å². The van der Waals surface area contributed by atoms with Gasteiger partial charge in [0, 0.05) is 6.04 Å². The van der Waals surface area contributed by atoms with Crippen molar-refractivity contribution in [3.63, 3.8) is 0 Å². The predicted molar refractivity (Wildman–Crippen MR) is 75.5 cm³/mol. The molecule has 19 heavy (non-hydrogen) atoms. The highest BCUT2D eigenvalue weighted by Gasteiger charge is 2.13. The number of para-hydroxylation sites is 2. The number of benzene rings is 1. The van der Waals surface area contributed by atoms with Crippen molar-refractivity contribution in [3.05, 3.63) is 36.7 Å². The Balaban J connectivity index is 1.80. The second-order valence-corrected chi connectivity index (χ2v) is 4.89. The Hall–Kier alpha value is -1.88. The summed E-state index contributed by atoms with van der Waals surface area (Å²) in [6.07, 6.45) is 7.16. The summed E-state index contributed by atoms with van der Waals surface area (Å²) in [4.78, 5) is 0. The lowest BCUT2D eigenvalue weighted by molar-refractivity contribution is 0.636. The van der Waals surface area contributed by atoms with Gasteiger partial charge in [0.05, 0.1) is 23.8 Å². The van der Waals surface area contributed by atoms with Crippen LogP contribution in [-0.4, -0.2) is 34.1 Å². The van der Waals surface area contributed by atoms with E-state index in [1.54, 1.807) is 10.9 Å². The minimum Gasteiger partial charge on any atom is -0.381 e. The third-order valence-corrected chi connectivity index (χ3v) is 3.51. The van der Waals surface area contributed by atoms with Gasteiger partial charge in [-0.25, -0.2) is 4.68 Å². The van der Waals surface area contributed by atoms with Gasteiger partial charge in [-0.2, -0.15) is 0 Å². The van der Waals surface area contributed by atoms with Crippen molar-refractivity contribution >= 4 is 5.69 Å². The zero-order valence-corrected chi connectivity index (χ0v) is 10.9. The largest absolute Gasteiger partial charge is 0.381 e. The minimum atomic E-state index is 0.527. The van der Waals surface area contributed by atoms with Crippen LogP contribution in [0.15, 0.2) is 36.7 Å². The summed E-state index contributed by atoms with van der Waals surface area (Å²) in [5.74, 6) is 0. The maximum absolute atomic E-state index is 4.07. The molecule has 3 rings (SSSR count). The van der Waals surface area contributed by atoms with Crippen LogP contribution in [-0.2, 0) is 0 Å². The summed E-state index contributed by atoms with van der Waals surface area (Å²) in [7, 11) is 0. The Labute approximate surface area is 113 Å². The molecule has 0 saturated carbocycles. The number of hydrogen-bond donors (Lipinski definition) is 2. The van der Waals surface area contributed by atoms with Crippen molar-refractivity contribution in [2.75, 3.05) is 18.4 Å². The van der Waals surface area contributed by atoms with E-state index in [1.807, 2.05) is 12.3 Å². The highest BCUT2D eigenvalue weighted by atomic mass is 15.4. The van der Waals surface area contributed by atoms with E-state index in [0.29, 0.717) is 6.04 Å². The molecule has 0 bridgehead atoms. The van der Waals surface area contributed by atoms with E-state index in [2.05, 4.69) is 39.1 Å². The van der Waals surface area contributed by atoms with E-state index in [4.69, 9.17) is 0 Å². The van der Waals surface area contributed by atoms with E-state index in [-0.39, 0.29) is 0 Å². The number of anilines is 1. The van der Waals surface area contributed by atoms with Gasteiger partial charge >= 0.3 is 0 Å². The lowest BCUT2D eigenvalue weighted by atomic mass is 10.1. The van der Waals surface area contributed by atoms with Crippen LogP contribution in [0, 0.1) is 0 Å². The summed E-state index contributed by atoms with van der Waals surface area (Å²) in [5.41, 5.74) is 2.18. The maximum atomic E-state index is 4.07. The topological polar surface area (TPSA) is 54.8 Å². The number of nitrogens with zero attached hydrogens (tertiary/aromatic N) is 3. The molecule has 0 radical (unpaired) electrons. The van der Waals surface area contributed by atoms with Crippen molar-refractivity contribution in [3.8, 4) is 5.69 Å². The van der Waals surface area contributed by atoms with E-state index in [1.165, 1.54) is 12.8 Å². The normalized spacial score (nSPS) is 19.9. The molecule has 1 fully saturated rings. The van der Waals surface area contributed by atoms with Crippen LogP contribution >= 0.6 is 0 Å². The molecular weight excluding hydrogens is 238 g/mol. The van der Waals surface area contributed by atoms with Gasteiger partial charge in [0.25, 0.3) is 0 Å². The summed E-state index contributed by atoms with van der Waals surface area (Å²) in [6, 6.07) is 8.77. The lowest BCUT2D eigenvalue weighted by Crippen LogP contribution is -2.22. The molecule has 1 aliphatic rings. The van der Waals surface area contributed by atoms with Crippen molar-refractivity contribution in [1.82, 2.24) is 20.3 Å². The van der Waals surface area contributed by atoms with Crippen LogP contribution in [0.4, 0.5) is 5.69 Å². The van der Waals surface area contributed by atoms with Crippen molar-refractivity contribution in [2.45, 2.75) is 25.3 Å². The predicted octanol–water partition coefficient (Wildman–Crippen LogP) is 1.82. The Morgan fingerprint density at radius 2 is 2.16 bits per heavy atom. The highest BCUT2D eigenvalue weighted by Crippen LogP contribution is 2.21. The molecule has 2 heterocycles. The van der Waals surface area contributed by atoms with E-state index in [0.717, 1.165) is 30.9 Å². The molecule has 2 aromatic rings. The molecule has 1 unspecified atom stereocenters. The summed E-state index contributed by atoms with van der Waals surface area (Å²) in [5, 5.41) is 15.0. The third kappa shape index (κ3) is 2.93. The number of nitrogens with one attached hydrogen (secondary N) is 2. The first kappa shape index (κ1) is 12.2. The second kappa shape index (κ2) is 5.84. The molecule has 1 atom stereocenters. The van der Waals surface area contributed by atoms with Gasteiger partial charge in [0.15, 0.2) is 0 Å². The molecule has 2 N–H and O–H groups in total. The van der Waals surface area contributed by atoms with E-state index < -0.39 is 0 Å². The first-order valence-corrected chi connectivity index (χ1v) is 6.86. The van der Waals surface area contributed by atoms with Crippen molar-refractivity contribution < 1.29 is 0 Å². The molecule has 1 aromatic carbocycles. The zero-order chi connectivity index (χ0) is 12.9. The standard InChI is InChI=1S/C14H19N5/c1-2-6-14(19-11-10-16-18-19)13(5-1)17-12-4-3-8-15-9-7-12/h1-2,5-6,10-12,15,17H,3-4,7-9H2. The molecule has 0 spiro atoms. The monoisotopic (exact) mass is 257 g/mol. The average molecular weight is 257 g/mol. The molecular formula is C14H19N5. The zero-order valence-electron chi connectivity index (χ0n) is 10.9. The van der Waals surface area contributed by atoms with Gasteiger partial charge < -0.3 is 10.6 Å². The highest BCUT2D eigenvalue weighted by molar-refractivity contribution is 5.60. The number of hydrogen-bond acceptors (Lipinski definition) is 4. The van der Waals surface area contributed by atoms with Gasteiger partial charge in [0.1, 0.15) is 0 Å². The molecule has 5 heteroatoms. The van der Waals surface area contributed by atoms with E-state index >= 15 is 0 Å². The summed E-state index contributed by atoms with van der Waals surface area (Å²) < 4.78 is 1.80. The third-order valence-electron chi connectivity index (χ3n) is 3.51. The first-order chi connectivity index (χ1) is 9.43. The van der Waals surface area contributed by atoms with Crippen molar-refractivity contribution in [2.24, 2.45) is 0 Å². The molecule has 100 valence electrons. The fourth-order valence-electron chi connectivity index (χ4n) is 2.52. The summed E-state index contributed by atoms with van der Waals surface area (Å²) >= 11 is 0. The molecule has 1 aromatic heterocycles. The molecule has 1 aliphatic heterocycles. The van der Waals surface area contributed by atoms with Crippen molar-refractivity contribution in [1.29, 1.82) is 0 Å². The van der Waals surface area contributed by atoms with Gasteiger partial charge in [-0.15, -0.1) is 5.10 Å². The number of rotatable bonds is 3. The fraction of sp³-hybridized carbons (Fsp3) is 0.429. The first-order valence-electron chi connectivity index (χ1n) is 6.86. The van der Waals surface area contributed by atoms with E-state index in [9.17, 15) is 0 Å². The SMILES string of the molecule is c1ccc(-n2ccnn2)c(NC2CCCNCC2)c1. The Morgan fingerprint density at radius 3 is 3.05 bits per heavy atom. The van der Waals surface area contributed by atoms with Crippen LogP contribution < -0.4 is 10.6 Å². The van der Waals surface area contributed by atoms with Crippen LogP contribution in [0.5, 0.6) is 0 Å². The smallest absolute Gasteiger partial charge is 0.0894 e. The molecule has 5 nitrogen and oxygen atoms in total. The Bertz CT molecular complexity index is 500. The Morgan fingerprint density at radius 1 is 1.21 bits per heavy atom. The fourth-order valence-corrected chi connectivity index (χ4v) is 2.52. The van der Waals surface area contributed by atoms with Crippen LogP contribution in [0.2, 0.25) is 0 Å². The molecule has 1 saturated heterocycles.